The first-order chi connectivity index (χ1) is 16.2. The molecule has 200 valence electrons. The molecule has 0 spiro atoms. The van der Waals surface area contributed by atoms with E-state index in [1.54, 1.807) is 14.2 Å². The average Bonchev–Trinajstić information content (AvgIpc) is 2.82. The van der Waals surface area contributed by atoms with Crippen LogP contribution in [0.5, 0.6) is 0 Å². The van der Waals surface area contributed by atoms with Gasteiger partial charge in [-0.05, 0) is 12.1 Å². The molecule has 0 aliphatic rings. The van der Waals surface area contributed by atoms with Crippen molar-refractivity contribution in [1.82, 2.24) is 0 Å². The van der Waals surface area contributed by atoms with Gasteiger partial charge in [-0.1, -0.05) is 129 Å². The van der Waals surface area contributed by atoms with Crippen LogP contribution < -0.4 is 0 Å². The maximum atomic E-state index is 6.50. The van der Waals surface area contributed by atoms with Crippen molar-refractivity contribution in [3.05, 3.63) is 0 Å². The summed E-state index contributed by atoms with van der Waals surface area (Å²) in [4.78, 5) is 0. The number of ether oxygens (including phenoxy) is 2. The first-order valence-corrected chi connectivity index (χ1v) is 16.7. The van der Waals surface area contributed by atoms with Gasteiger partial charge in [-0.2, -0.15) is 0 Å². The van der Waals surface area contributed by atoms with E-state index in [-0.39, 0.29) is 0 Å². The minimum absolute atomic E-state index is 0.651. The molecule has 0 aliphatic carbocycles. The fraction of sp³-hybridized carbons (Fsp3) is 1.00. The van der Waals surface area contributed by atoms with Crippen molar-refractivity contribution >= 4 is 8.56 Å². The van der Waals surface area contributed by atoms with Crippen LogP contribution in [0.1, 0.15) is 129 Å². The standard InChI is InChI=1S/C28H60O4Si/c1-5-7-9-11-13-15-17-19-21-27-33(31-25-23-29-3,32-26-24-30-4)28-22-20-18-16-14-12-10-8-6-2/h5-28H2,1-4H3. The molecule has 0 saturated carbocycles. The summed E-state index contributed by atoms with van der Waals surface area (Å²) in [6, 6.07) is 2.24. The lowest BCUT2D eigenvalue weighted by molar-refractivity contribution is 0.0849. The summed E-state index contributed by atoms with van der Waals surface area (Å²) >= 11 is 0. The topological polar surface area (TPSA) is 36.9 Å². The molecule has 0 unspecified atom stereocenters. The second-order valence-corrected chi connectivity index (χ2v) is 13.1. The molecule has 4 nitrogen and oxygen atoms in total. The predicted molar refractivity (Wildman–Crippen MR) is 145 cm³/mol. The van der Waals surface area contributed by atoms with Gasteiger partial charge in [0.05, 0.1) is 26.4 Å². The highest BCUT2D eigenvalue weighted by molar-refractivity contribution is 6.67. The van der Waals surface area contributed by atoms with Gasteiger partial charge in [0.25, 0.3) is 0 Å². The first-order valence-electron chi connectivity index (χ1n) is 14.5. The summed E-state index contributed by atoms with van der Waals surface area (Å²) in [6.45, 7) is 7.19. The zero-order valence-electron chi connectivity index (χ0n) is 23.1. The van der Waals surface area contributed by atoms with E-state index in [0.717, 1.165) is 12.1 Å². The van der Waals surface area contributed by atoms with Crippen LogP contribution in [-0.2, 0) is 18.3 Å². The van der Waals surface area contributed by atoms with Crippen molar-refractivity contribution in [1.29, 1.82) is 0 Å². The Morgan fingerprint density at radius 3 is 1.00 bits per heavy atom. The van der Waals surface area contributed by atoms with Crippen LogP contribution in [0.4, 0.5) is 0 Å². The van der Waals surface area contributed by atoms with Gasteiger partial charge < -0.3 is 18.3 Å². The molecule has 0 aliphatic heterocycles. The van der Waals surface area contributed by atoms with Gasteiger partial charge >= 0.3 is 8.56 Å². The monoisotopic (exact) mass is 488 g/mol. The largest absolute Gasteiger partial charge is 0.392 e. The lowest BCUT2D eigenvalue weighted by atomic mass is 10.1. The van der Waals surface area contributed by atoms with Crippen molar-refractivity contribution < 1.29 is 18.3 Å². The van der Waals surface area contributed by atoms with Crippen LogP contribution in [0, 0.1) is 0 Å². The molecule has 0 aromatic heterocycles. The third-order valence-electron chi connectivity index (χ3n) is 6.63. The number of hydrogen-bond donors (Lipinski definition) is 0. The summed E-state index contributed by atoms with van der Waals surface area (Å²) < 4.78 is 23.5. The maximum Gasteiger partial charge on any atom is 0.338 e. The van der Waals surface area contributed by atoms with Crippen molar-refractivity contribution in [3.8, 4) is 0 Å². The summed E-state index contributed by atoms with van der Waals surface area (Å²) in [5.74, 6) is 0. The Balaban J connectivity index is 4.39. The van der Waals surface area contributed by atoms with Crippen LogP contribution in [0.25, 0.3) is 0 Å². The minimum Gasteiger partial charge on any atom is -0.392 e. The van der Waals surface area contributed by atoms with Crippen molar-refractivity contribution in [2.24, 2.45) is 0 Å². The van der Waals surface area contributed by atoms with E-state index in [2.05, 4.69) is 13.8 Å². The third kappa shape index (κ3) is 22.3. The normalized spacial score (nSPS) is 12.0. The highest BCUT2D eigenvalue weighted by Gasteiger charge is 2.36. The predicted octanol–water partition coefficient (Wildman–Crippen LogP) is 8.82. The van der Waals surface area contributed by atoms with E-state index < -0.39 is 8.56 Å². The molecule has 0 aromatic rings. The molecule has 0 aromatic carbocycles. The Hall–Kier alpha value is 0.0569. The van der Waals surface area contributed by atoms with Gasteiger partial charge in [0.1, 0.15) is 0 Å². The number of hydrogen-bond acceptors (Lipinski definition) is 4. The van der Waals surface area contributed by atoms with Crippen LogP contribution in [0.15, 0.2) is 0 Å². The summed E-state index contributed by atoms with van der Waals surface area (Å²) in [5, 5.41) is 0. The van der Waals surface area contributed by atoms with Gasteiger partial charge in [0.2, 0.25) is 0 Å². The maximum absolute atomic E-state index is 6.50. The highest BCUT2D eigenvalue weighted by Crippen LogP contribution is 2.27. The number of unbranched alkanes of at least 4 members (excludes halogenated alkanes) is 16. The number of rotatable bonds is 28. The SMILES string of the molecule is CCCCCCCCCCC[Si](CCCCCCCCCCC)(OCCOC)OCCOC. The Morgan fingerprint density at radius 1 is 0.394 bits per heavy atom. The third-order valence-corrected chi connectivity index (χ3v) is 10.3. The van der Waals surface area contributed by atoms with Gasteiger partial charge in [-0.15, -0.1) is 0 Å². The summed E-state index contributed by atoms with van der Waals surface area (Å²) in [5.41, 5.74) is 0. The summed E-state index contributed by atoms with van der Waals surface area (Å²) in [7, 11) is 1.30. The highest BCUT2D eigenvalue weighted by atomic mass is 28.4. The lowest BCUT2D eigenvalue weighted by Gasteiger charge is -2.31. The molecule has 0 amide bonds. The van der Waals surface area contributed by atoms with Crippen molar-refractivity contribution in [2.45, 2.75) is 142 Å². The smallest absolute Gasteiger partial charge is 0.338 e. The fourth-order valence-corrected chi connectivity index (χ4v) is 7.89. The molecule has 0 rings (SSSR count). The van der Waals surface area contributed by atoms with Crippen LogP contribution in [0.2, 0.25) is 12.1 Å². The molecule has 0 heterocycles. The lowest BCUT2D eigenvalue weighted by Crippen LogP contribution is -2.43. The Labute approximate surface area is 209 Å². The molecule has 0 radical (unpaired) electrons. The van der Waals surface area contributed by atoms with E-state index in [1.165, 1.54) is 116 Å². The summed E-state index contributed by atoms with van der Waals surface area (Å²) in [6.07, 6.45) is 24.4. The second kappa shape index (κ2) is 26.7. The molecule has 0 fully saturated rings. The van der Waals surface area contributed by atoms with Crippen molar-refractivity contribution in [3.63, 3.8) is 0 Å². The van der Waals surface area contributed by atoms with Gasteiger partial charge in [-0.3, -0.25) is 0 Å². The molecule has 0 saturated heterocycles. The van der Waals surface area contributed by atoms with E-state index in [1.807, 2.05) is 0 Å². The Morgan fingerprint density at radius 2 is 0.697 bits per heavy atom. The van der Waals surface area contributed by atoms with Gasteiger partial charge in [0.15, 0.2) is 0 Å². The zero-order valence-corrected chi connectivity index (χ0v) is 24.1. The van der Waals surface area contributed by atoms with Crippen molar-refractivity contribution in [2.75, 3.05) is 40.6 Å². The molecule has 0 N–H and O–H groups in total. The Bertz CT molecular complexity index is 334. The molecule has 0 bridgehead atoms. The van der Waals surface area contributed by atoms with Crippen LogP contribution >= 0.6 is 0 Å². The number of methoxy groups -OCH3 is 2. The molecular weight excluding hydrogens is 428 g/mol. The first kappa shape index (κ1) is 33.1. The van der Waals surface area contributed by atoms with E-state index >= 15 is 0 Å². The van der Waals surface area contributed by atoms with Gasteiger partial charge in [-0.25, -0.2) is 0 Å². The van der Waals surface area contributed by atoms with E-state index in [0.29, 0.717) is 26.4 Å². The van der Waals surface area contributed by atoms with Gasteiger partial charge in [0, 0.05) is 14.2 Å². The van der Waals surface area contributed by atoms with E-state index in [4.69, 9.17) is 18.3 Å². The molecule has 33 heavy (non-hydrogen) atoms. The Kier molecular flexibility index (Phi) is 26.7. The van der Waals surface area contributed by atoms with Crippen LogP contribution in [-0.4, -0.2) is 49.2 Å². The molecule has 0 atom stereocenters. The fourth-order valence-electron chi connectivity index (χ4n) is 4.49. The molecular formula is C28H60O4Si. The quantitative estimate of drug-likeness (QED) is 0.0814. The molecule has 5 heteroatoms. The second-order valence-electron chi connectivity index (χ2n) is 9.75. The minimum atomic E-state index is -2.20. The zero-order chi connectivity index (χ0) is 24.3. The average molecular weight is 489 g/mol. The van der Waals surface area contributed by atoms with E-state index in [9.17, 15) is 0 Å². The van der Waals surface area contributed by atoms with Crippen LogP contribution in [0.3, 0.4) is 0 Å².